The van der Waals surface area contributed by atoms with Gasteiger partial charge in [0.25, 0.3) is 0 Å². The van der Waals surface area contributed by atoms with Crippen LogP contribution in [-0.4, -0.2) is 32.8 Å². The smallest absolute Gasteiger partial charge is 0.146 e. The Hall–Kier alpha value is -1.13. The quantitative estimate of drug-likeness (QED) is 0.866. The first-order chi connectivity index (χ1) is 9.63. The molecule has 1 N–H and O–H groups in total. The van der Waals surface area contributed by atoms with Crippen LogP contribution in [0.2, 0.25) is 0 Å². The molecule has 20 heavy (non-hydrogen) atoms. The number of nitrogens with one attached hydrogen (secondary N) is 1. The van der Waals surface area contributed by atoms with Crippen LogP contribution in [0.25, 0.3) is 0 Å². The monoisotopic (exact) mass is 280 g/mol. The highest BCUT2D eigenvalue weighted by Crippen LogP contribution is 2.29. The first kappa shape index (κ1) is 15.3. The number of anilines is 1. The van der Waals surface area contributed by atoms with Crippen LogP contribution in [0.15, 0.2) is 18.2 Å². The molecule has 0 aliphatic carbocycles. The fraction of sp³-hybridized carbons (Fsp3) is 0.625. The number of rotatable bonds is 6. The zero-order valence-electron chi connectivity index (χ0n) is 12.7. The van der Waals surface area contributed by atoms with Crippen molar-refractivity contribution in [3.05, 3.63) is 29.6 Å². The van der Waals surface area contributed by atoms with Crippen LogP contribution in [0.5, 0.6) is 0 Å². The zero-order valence-corrected chi connectivity index (χ0v) is 12.7. The van der Waals surface area contributed by atoms with E-state index in [1.165, 1.54) is 6.07 Å². The van der Waals surface area contributed by atoms with E-state index in [9.17, 15) is 4.39 Å². The molecule has 4 heteroatoms. The third kappa shape index (κ3) is 3.49. The van der Waals surface area contributed by atoms with E-state index in [4.69, 9.17) is 4.74 Å². The molecule has 1 aromatic carbocycles. The van der Waals surface area contributed by atoms with Crippen LogP contribution in [0.1, 0.15) is 38.3 Å². The highest BCUT2D eigenvalue weighted by Gasteiger charge is 2.22. The van der Waals surface area contributed by atoms with E-state index in [-0.39, 0.29) is 18.0 Å². The minimum atomic E-state index is -0.159. The molecule has 0 saturated carbocycles. The van der Waals surface area contributed by atoms with E-state index in [1.807, 2.05) is 18.0 Å². The van der Waals surface area contributed by atoms with Crippen molar-refractivity contribution in [2.24, 2.45) is 0 Å². The summed E-state index contributed by atoms with van der Waals surface area (Å²) in [5.74, 6) is -0.159. The summed E-state index contributed by atoms with van der Waals surface area (Å²) in [7, 11) is 1.95. The van der Waals surface area contributed by atoms with Gasteiger partial charge in [0.1, 0.15) is 5.82 Å². The number of likely N-dealkylation sites (N-methyl/N-ethyl adjacent to an activating group) is 1. The number of benzene rings is 1. The minimum absolute atomic E-state index is 0.137. The summed E-state index contributed by atoms with van der Waals surface area (Å²) in [4.78, 5) is 1.99. The van der Waals surface area contributed by atoms with Crippen LogP contribution >= 0.6 is 0 Å². The maximum atomic E-state index is 14.3. The van der Waals surface area contributed by atoms with Crippen molar-refractivity contribution in [3.63, 3.8) is 0 Å². The normalized spacial score (nSPS) is 20.1. The lowest BCUT2D eigenvalue weighted by molar-refractivity contribution is 0.116. The van der Waals surface area contributed by atoms with Crippen molar-refractivity contribution in [3.8, 4) is 0 Å². The molecule has 0 aromatic heterocycles. The van der Waals surface area contributed by atoms with Crippen LogP contribution < -0.4 is 10.2 Å². The van der Waals surface area contributed by atoms with E-state index in [0.29, 0.717) is 5.69 Å². The van der Waals surface area contributed by atoms with Gasteiger partial charge in [-0.1, -0.05) is 19.1 Å². The van der Waals surface area contributed by atoms with Crippen molar-refractivity contribution < 1.29 is 9.13 Å². The lowest BCUT2D eigenvalue weighted by Gasteiger charge is -2.27. The number of hydrogen-bond donors (Lipinski definition) is 1. The lowest BCUT2D eigenvalue weighted by atomic mass is 10.0. The van der Waals surface area contributed by atoms with Crippen molar-refractivity contribution in [1.82, 2.24) is 5.32 Å². The van der Waals surface area contributed by atoms with E-state index in [1.54, 1.807) is 6.07 Å². The Morgan fingerprint density at radius 1 is 1.50 bits per heavy atom. The Morgan fingerprint density at radius 3 is 2.95 bits per heavy atom. The molecular formula is C16H25FN2O. The van der Waals surface area contributed by atoms with E-state index < -0.39 is 0 Å². The van der Waals surface area contributed by atoms with Crippen molar-refractivity contribution in [2.45, 2.75) is 38.8 Å². The summed E-state index contributed by atoms with van der Waals surface area (Å²) >= 11 is 0. The SMILES string of the molecule is CCNC(C)c1cccc(F)c1N(C)CC1CCCO1. The number of para-hydroxylation sites is 1. The molecule has 112 valence electrons. The molecule has 0 radical (unpaired) electrons. The van der Waals surface area contributed by atoms with Crippen molar-refractivity contribution in [2.75, 3.05) is 31.6 Å². The highest BCUT2D eigenvalue weighted by molar-refractivity contribution is 5.55. The molecule has 2 atom stereocenters. The largest absolute Gasteiger partial charge is 0.376 e. The second-order valence-corrected chi connectivity index (χ2v) is 5.47. The second kappa shape index (κ2) is 7.04. The average Bonchev–Trinajstić information content (AvgIpc) is 2.91. The molecule has 2 unspecified atom stereocenters. The molecule has 2 rings (SSSR count). The van der Waals surface area contributed by atoms with Crippen LogP contribution in [-0.2, 0) is 4.74 Å². The third-order valence-corrected chi connectivity index (χ3v) is 3.88. The molecular weight excluding hydrogens is 255 g/mol. The Bertz CT molecular complexity index is 432. The molecule has 1 aliphatic heterocycles. The first-order valence-corrected chi connectivity index (χ1v) is 7.48. The van der Waals surface area contributed by atoms with Gasteiger partial charge < -0.3 is 15.0 Å². The van der Waals surface area contributed by atoms with Crippen LogP contribution in [0.4, 0.5) is 10.1 Å². The maximum absolute atomic E-state index is 14.3. The predicted octanol–water partition coefficient (Wildman–Crippen LogP) is 3.11. The van der Waals surface area contributed by atoms with Crippen LogP contribution in [0.3, 0.4) is 0 Å². The second-order valence-electron chi connectivity index (χ2n) is 5.47. The predicted molar refractivity (Wildman–Crippen MR) is 80.7 cm³/mol. The molecule has 3 nitrogen and oxygen atoms in total. The van der Waals surface area contributed by atoms with Gasteiger partial charge in [-0.15, -0.1) is 0 Å². The van der Waals surface area contributed by atoms with Crippen molar-refractivity contribution in [1.29, 1.82) is 0 Å². The summed E-state index contributed by atoms with van der Waals surface area (Å²) in [5.41, 5.74) is 1.70. The first-order valence-electron chi connectivity index (χ1n) is 7.48. The molecule has 1 heterocycles. The van der Waals surface area contributed by atoms with Gasteiger partial charge >= 0.3 is 0 Å². The molecule has 0 spiro atoms. The topological polar surface area (TPSA) is 24.5 Å². The van der Waals surface area contributed by atoms with Gasteiger partial charge in [0.05, 0.1) is 11.8 Å². The molecule has 0 bridgehead atoms. The van der Waals surface area contributed by atoms with Crippen LogP contribution in [0, 0.1) is 5.82 Å². The highest BCUT2D eigenvalue weighted by atomic mass is 19.1. The number of ether oxygens (including phenoxy) is 1. The number of halogens is 1. The fourth-order valence-electron chi connectivity index (χ4n) is 2.89. The van der Waals surface area contributed by atoms with Gasteiger partial charge in [-0.3, -0.25) is 0 Å². The molecule has 0 amide bonds. The van der Waals surface area contributed by atoms with E-state index >= 15 is 0 Å². The number of nitrogens with zero attached hydrogens (tertiary/aromatic N) is 1. The Balaban J connectivity index is 2.19. The third-order valence-electron chi connectivity index (χ3n) is 3.88. The van der Waals surface area contributed by atoms with Gasteiger partial charge in [-0.05, 0) is 37.9 Å². The van der Waals surface area contributed by atoms with Gasteiger partial charge in [0.2, 0.25) is 0 Å². The minimum Gasteiger partial charge on any atom is -0.376 e. The van der Waals surface area contributed by atoms with Gasteiger partial charge in [0, 0.05) is 26.2 Å². The lowest BCUT2D eigenvalue weighted by Crippen LogP contribution is -2.31. The van der Waals surface area contributed by atoms with E-state index in [2.05, 4.69) is 19.2 Å². The summed E-state index contributed by atoms with van der Waals surface area (Å²) in [6.45, 7) is 6.57. The van der Waals surface area contributed by atoms with Crippen molar-refractivity contribution >= 4 is 5.69 Å². The Kier molecular flexibility index (Phi) is 5.38. The van der Waals surface area contributed by atoms with Gasteiger partial charge in [-0.25, -0.2) is 4.39 Å². The number of hydrogen-bond acceptors (Lipinski definition) is 3. The molecule has 1 aliphatic rings. The summed E-state index contributed by atoms with van der Waals surface area (Å²) in [5, 5.41) is 3.35. The average molecular weight is 280 g/mol. The standard InChI is InChI=1S/C16H25FN2O/c1-4-18-12(2)14-8-5-9-15(17)16(14)19(3)11-13-7-6-10-20-13/h5,8-9,12-13,18H,4,6-7,10-11H2,1-3H3. The molecule has 1 fully saturated rings. The molecule has 1 saturated heterocycles. The van der Waals surface area contributed by atoms with E-state index in [0.717, 1.165) is 38.1 Å². The summed E-state index contributed by atoms with van der Waals surface area (Å²) in [6, 6.07) is 5.45. The van der Waals surface area contributed by atoms with Gasteiger partial charge in [-0.2, -0.15) is 0 Å². The molecule has 1 aromatic rings. The summed E-state index contributed by atoms with van der Waals surface area (Å²) < 4.78 is 19.9. The van der Waals surface area contributed by atoms with Gasteiger partial charge in [0.15, 0.2) is 0 Å². The summed E-state index contributed by atoms with van der Waals surface area (Å²) in [6.07, 6.45) is 2.40. The zero-order chi connectivity index (χ0) is 14.5. The Morgan fingerprint density at radius 2 is 2.30 bits per heavy atom. The fourth-order valence-corrected chi connectivity index (χ4v) is 2.89. The Labute approximate surface area is 121 Å². The maximum Gasteiger partial charge on any atom is 0.146 e.